The largest absolute Gasteiger partial charge is 0.369 e. The van der Waals surface area contributed by atoms with E-state index in [4.69, 9.17) is 5.73 Å². The molecule has 2 N–H and O–H groups in total. The lowest BCUT2D eigenvalue weighted by Crippen LogP contribution is -2.51. The summed E-state index contributed by atoms with van der Waals surface area (Å²) in [7, 11) is 2.13. The summed E-state index contributed by atoms with van der Waals surface area (Å²) >= 11 is 0. The molecule has 2 heterocycles. The topological polar surface area (TPSA) is 62.5 Å². The SMILES string of the molecule is CC1CN(CC(C(N)=O)c2ccccn2)CCN1C. The van der Waals surface area contributed by atoms with Crippen molar-refractivity contribution >= 4 is 5.91 Å². The Morgan fingerprint density at radius 2 is 2.32 bits per heavy atom. The zero-order valence-electron chi connectivity index (χ0n) is 11.6. The molecule has 1 aromatic heterocycles. The van der Waals surface area contributed by atoms with Gasteiger partial charge in [0.15, 0.2) is 0 Å². The van der Waals surface area contributed by atoms with E-state index >= 15 is 0 Å². The molecule has 19 heavy (non-hydrogen) atoms. The summed E-state index contributed by atoms with van der Waals surface area (Å²) in [5.74, 6) is -0.623. The van der Waals surface area contributed by atoms with Gasteiger partial charge in [-0.25, -0.2) is 0 Å². The monoisotopic (exact) mass is 262 g/mol. The van der Waals surface area contributed by atoms with Gasteiger partial charge < -0.3 is 10.6 Å². The number of pyridine rings is 1. The highest BCUT2D eigenvalue weighted by molar-refractivity contribution is 5.81. The fourth-order valence-corrected chi connectivity index (χ4v) is 2.46. The van der Waals surface area contributed by atoms with Gasteiger partial charge in [-0.05, 0) is 26.1 Å². The van der Waals surface area contributed by atoms with Crippen LogP contribution in [0.4, 0.5) is 0 Å². The molecule has 1 aliphatic heterocycles. The van der Waals surface area contributed by atoms with Crippen molar-refractivity contribution in [2.75, 3.05) is 33.2 Å². The second-order valence-electron chi connectivity index (χ2n) is 5.30. The third-order valence-corrected chi connectivity index (χ3v) is 3.87. The van der Waals surface area contributed by atoms with Gasteiger partial charge in [0.1, 0.15) is 0 Å². The highest BCUT2D eigenvalue weighted by Gasteiger charge is 2.26. The van der Waals surface area contributed by atoms with Crippen molar-refractivity contribution in [2.45, 2.75) is 18.9 Å². The van der Waals surface area contributed by atoms with Crippen molar-refractivity contribution in [3.63, 3.8) is 0 Å². The number of rotatable bonds is 4. The van der Waals surface area contributed by atoms with E-state index in [-0.39, 0.29) is 11.8 Å². The summed E-state index contributed by atoms with van der Waals surface area (Å²) in [5.41, 5.74) is 6.30. The lowest BCUT2D eigenvalue weighted by molar-refractivity contribution is -0.120. The van der Waals surface area contributed by atoms with Crippen molar-refractivity contribution in [1.82, 2.24) is 14.8 Å². The number of hydrogen-bond donors (Lipinski definition) is 1. The fraction of sp³-hybridized carbons (Fsp3) is 0.571. The summed E-state index contributed by atoms with van der Waals surface area (Å²) in [6, 6.07) is 6.12. The minimum Gasteiger partial charge on any atom is -0.369 e. The minimum absolute atomic E-state index is 0.301. The molecule has 0 spiro atoms. The summed E-state index contributed by atoms with van der Waals surface area (Å²) < 4.78 is 0. The van der Waals surface area contributed by atoms with E-state index in [1.54, 1.807) is 6.20 Å². The van der Waals surface area contributed by atoms with Gasteiger partial charge in [-0.15, -0.1) is 0 Å². The van der Waals surface area contributed by atoms with Crippen LogP contribution >= 0.6 is 0 Å². The standard InChI is InChI=1S/C14H22N4O/c1-11-9-18(8-7-17(11)2)10-12(14(15)19)13-5-3-4-6-16-13/h3-6,11-12H,7-10H2,1-2H3,(H2,15,19). The molecule has 1 saturated heterocycles. The summed E-state index contributed by atoms with van der Waals surface area (Å²) in [5, 5.41) is 0. The fourth-order valence-electron chi connectivity index (χ4n) is 2.46. The number of nitrogens with two attached hydrogens (primary N) is 1. The van der Waals surface area contributed by atoms with Crippen LogP contribution in [0.15, 0.2) is 24.4 Å². The zero-order valence-corrected chi connectivity index (χ0v) is 11.6. The summed E-state index contributed by atoms with van der Waals surface area (Å²) in [6.07, 6.45) is 1.71. The zero-order chi connectivity index (χ0) is 13.8. The van der Waals surface area contributed by atoms with E-state index in [9.17, 15) is 4.79 Å². The first-order valence-corrected chi connectivity index (χ1v) is 6.70. The van der Waals surface area contributed by atoms with Crippen LogP contribution in [0.5, 0.6) is 0 Å². The van der Waals surface area contributed by atoms with Crippen molar-refractivity contribution in [1.29, 1.82) is 0 Å². The molecule has 2 unspecified atom stereocenters. The van der Waals surface area contributed by atoms with E-state index in [0.717, 1.165) is 25.3 Å². The van der Waals surface area contributed by atoms with Crippen LogP contribution in [0.2, 0.25) is 0 Å². The second-order valence-corrected chi connectivity index (χ2v) is 5.30. The highest BCUT2D eigenvalue weighted by Crippen LogP contribution is 2.16. The molecule has 5 heteroatoms. The molecule has 0 saturated carbocycles. The molecular formula is C14H22N4O. The summed E-state index contributed by atoms with van der Waals surface area (Å²) in [4.78, 5) is 20.6. The Morgan fingerprint density at radius 1 is 1.53 bits per heavy atom. The van der Waals surface area contributed by atoms with Crippen LogP contribution in [0.3, 0.4) is 0 Å². The molecule has 2 atom stereocenters. The Morgan fingerprint density at radius 3 is 2.89 bits per heavy atom. The Balaban J connectivity index is 2.04. The molecule has 0 aromatic carbocycles. The first-order chi connectivity index (χ1) is 9.08. The predicted molar refractivity (Wildman–Crippen MR) is 74.7 cm³/mol. The molecule has 0 radical (unpaired) electrons. The van der Waals surface area contributed by atoms with E-state index < -0.39 is 0 Å². The van der Waals surface area contributed by atoms with Crippen LogP contribution in [0, 0.1) is 0 Å². The number of hydrogen-bond acceptors (Lipinski definition) is 4. The molecule has 1 amide bonds. The highest BCUT2D eigenvalue weighted by atomic mass is 16.1. The number of primary amides is 1. The van der Waals surface area contributed by atoms with Gasteiger partial charge in [0, 0.05) is 38.4 Å². The average molecular weight is 262 g/mol. The van der Waals surface area contributed by atoms with Gasteiger partial charge in [-0.3, -0.25) is 14.7 Å². The number of aromatic nitrogens is 1. The van der Waals surface area contributed by atoms with Gasteiger partial charge in [-0.2, -0.15) is 0 Å². The molecular weight excluding hydrogens is 240 g/mol. The van der Waals surface area contributed by atoms with Gasteiger partial charge in [0.05, 0.1) is 11.6 Å². The maximum Gasteiger partial charge on any atom is 0.227 e. The maximum absolute atomic E-state index is 11.7. The van der Waals surface area contributed by atoms with Crippen LogP contribution in [0.25, 0.3) is 0 Å². The first kappa shape index (κ1) is 14.0. The predicted octanol–water partition coefficient (Wildman–Crippen LogP) is 0.286. The van der Waals surface area contributed by atoms with Crippen molar-refractivity contribution < 1.29 is 4.79 Å². The first-order valence-electron chi connectivity index (χ1n) is 6.70. The van der Waals surface area contributed by atoms with E-state index in [0.29, 0.717) is 12.6 Å². The molecule has 1 aliphatic rings. The van der Waals surface area contributed by atoms with Crippen LogP contribution in [-0.2, 0) is 4.79 Å². The van der Waals surface area contributed by atoms with Crippen LogP contribution in [0.1, 0.15) is 18.5 Å². The summed E-state index contributed by atoms with van der Waals surface area (Å²) in [6.45, 7) is 5.82. The molecule has 104 valence electrons. The number of carbonyl (C=O) groups is 1. The van der Waals surface area contributed by atoms with Crippen LogP contribution < -0.4 is 5.73 Å². The molecule has 0 aliphatic carbocycles. The maximum atomic E-state index is 11.7. The van der Waals surface area contributed by atoms with E-state index in [1.165, 1.54) is 0 Å². The van der Waals surface area contributed by atoms with Crippen molar-refractivity contribution in [3.8, 4) is 0 Å². The van der Waals surface area contributed by atoms with Gasteiger partial charge in [0.2, 0.25) is 5.91 Å². The normalized spacial score (nSPS) is 23.2. The Kier molecular flexibility index (Phi) is 4.50. The smallest absolute Gasteiger partial charge is 0.227 e. The second kappa shape index (κ2) is 6.12. The van der Waals surface area contributed by atoms with Gasteiger partial charge >= 0.3 is 0 Å². The van der Waals surface area contributed by atoms with Crippen molar-refractivity contribution in [2.24, 2.45) is 5.73 Å². The number of nitrogens with zero attached hydrogens (tertiary/aromatic N) is 3. The van der Waals surface area contributed by atoms with Crippen molar-refractivity contribution in [3.05, 3.63) is 30.1 Å². The third-order valence-electron chi connectivity index (χ3n) is 3.87. The number of carbonyl (C=O) groups excluding carboxylic acids is 1. The van der Waals surface area contributed by atoms with Crippen LogP contribution in [-0.4, -0.2) is 60.0 Å². The Labute approximate surface area is 114 Å². The lowest BCUT2D eigenvalue weighted by atomic mass is 10.0. The Hall–Kier alpha value is -1.46. The number of amides is 1. The average Bonchev–Trinajstić information content (AvgIpc) is 2.40. The van der Waals surface area contributed by atoms with E-state index in [2.05, 4.69) is 28.8 Å². The number of likely N-dealkylation sites (N-methyl/N-ethyl adjacent to an activating group) is 1. The molecule has 2 rings (SSSR count). The third kappa shape index (κ3) is 3.52. The minimum atomic E-state index is -0.322. The molecule has 1 aromatic rings. The van der Waals surface area contributed by atoms with Gasteiger partial charge in [-0.1, -0.05) is 6.07 Å². The quantitative estimate of drug-likeness (QED) is 0.847. The molecule has 1 fully saturated rings. The Bertz CT molecular complexity index is 423. The van der Waals surface area contributed by atoms with Gasteiger partial charge in [0.25, 0.3) is 0 Å². The lowest BCUT2D eigenvalue weighted by Gasteiger charge is -2.38. The number of piperazine rings is 1. The molecule has 5 nitrogen and oxygen atoms in total. The van der Waals surface area contributed by atoms with E-state index in [1.807, 2.05) is 18.2 Å². The molecule has 0 bridgehead atoms.